The lowest BCUT2D eigenvalue weighted by atomic mass is 10.1. The quantitative estimate of drug-likeness (QED) is 0.785. The highest BCUT2D eigenvalue weighted by Crippen LogP contribution is 2.22. The van der Waals surface area contributed by atoms with E-state index in [4.69, 9.17) is 0 Å². The van der Waals surface area contributed by atoms with Gasteiger partial charge in [-0.2, -0.15) is 0 Å². The van der Waals surface area contributed by atoms with Gasteiger partial charge in [0.05, 0.1) is 5.69 Å². The number of benzene rings is 1. The summed E-state index contributed by atoms with van der Waals surface area (Å²) in [5.41, 5.74) is 2.40. The second-order valence-corrected chi connectivity index (χ2v) is 4.68. The molecule has 1 heterocycles. The van der Waals surface area contributed by atoms with Crippen molar-refractivity contribution in [3.8, 4) is 11.3 Å². The molecule has 0 amide bonds. The standard InChI is InChI=1S/C13H12BrFN2/c1-3-13-16-11(7-12(14)17-13)9-4-8(2)5-10(15)6-9/h4-7H,3H2,1-2H3. The zero-order valence-electron chi connectivity index (χ0n) is 9.67. The summed E-state index contributed by atoms with van der Waals surface area (Å²) in [5.74, 6) is 0.504. The van der Waals surface area contributed by atoms with Crippen LogP contribution in [-0.4, -0.2) is 9.97 Å². The number of aryl methyl sites for hydroxylation is 2. The third kappa shape index (κ3) is 2.88. The van der Waals surface area contributed by atoms with Crippen LogP contribution >= 0.6 is 15.9 Å². The van der Waals surface area contributed by atoms with Crippen molar-refractivity contribution in [1.29, 1.82) is 0 Å². The van der Waals surface area contributed by atoms with Crippen LogP contribution in [0, 0.1) is 12.7 Å². The van der Waals surface area contributed by atoms with Gasteiger partial charge >= 0.3 is 0 Å². The summed E-state index contributed by atoms with van der Waals surface area (Å²) in [4.78, 5) is 8.63. The van der Waals surface area contributed by atoms with Gasteiger partial charge < -0.3 is 0 Å². The molecule has 17 heavy (non-hydrogen) atoms. The van der Waals surface area contributed by atoms with Gasteiger partial charge in [0.1, 0.15) is 16.2 Å². The van der Waals surface area contributed by atoms with Gasteiger partial charge in [-0.25, -0.2) is 14.4 Å². The Hall–Kier alpha value is -1.29. The fourth-order valence-corrected chi connectivity index (χ4v) is 2.08. The summed E-state index contributed by atoms with van der Waals surface area (Å²) >= 11 is 3.34. The molecule has 2 rings (SSSR count). The van der Waals surface area contributed by atoms with Gasteiger partial charge in [-0.3, -0.25) is 0 Å². The predicted octanol–water partition coefficient (Wildman–Crippen LogP) is 3.92. The van der Waals surface area contributed by atoms with E-state index in [1.165, 1.54) is 12.1 Å². The van der Waals surface area contributed by atoms with Crippen molar-refractivity contribution < 1.29 is 4.39 Å². The number of hydrogen-bond acceptors (Lipinski definition) is 2. The first-order valence-corrected chi connectivity index (χ1v) is 6.19. The van der Waals surface area contributed by atoms with Gasteiger partial charge in [0.2, 0.25) is 0 Å². The Labute approximate surface area is 108 Å². The summed E-state index contributed by atoms with van der Waals surface area (Å²) in [7, 11) is 0. The fraction of sp³-hybridized carbons (Fsp3) is 0.231. The topological polar surface area (TPSA) is 25.8 Å². The van der Waals surface area contributed by atoms with E-state index < -0.39 is 0 Å². The molecule has 0 atom stereocenters. The lowest BCUT2D eigenvalue weighted by molar-refractivity contribution is 0.627. The lowest BCUT2D eigenvalue weighted by Crippen LogP contribution is -1.96. The van der Waals surface area contributed by atoms with Crippen molar-refractivity contribution in [3.05, 3.63) is 46.1 Å². The van der Waals surface area contributed by atoms with Gasteiger partial charge in [-0.1, -0.05) is 6.92 Å². The van der Waals surface area contributed by atoms with Gasteiger partial charge in [0.15, 0.2) is 0 Å². The van der Waals surface area contributed by atoms with E-state index >= 15 is 0 Å². The average molecular weight is 295 g/mol. The number of halogens is 2. The van der Waals surface area contributed by atoms with E-state index in [-0.39, 0.29) is 5.82 Å². The molecule has 0 aliphatic carbocycles. The van der Waals surface area contributed by atoms with Crippen molar-refractivity contribution in [2.45, 2.75) is 20.3 Å². The van der Waals surface area contributed by atoms with Gasteiger partial charge in [0.25, 0.3) is 0 Å². The molecule has 0 radical (unpaired) electrons. The first-order valence-electron chi connectivity index (χ1n) is 5.39. The maximum Gasteiger partial charge on any atom is 0.130 e. The smallest absolute Gasteiger partial charge is 0.130 e. The molecule has 0 unspecified atom stereocenters. The molecule has 4 heteroatoms. The molecule has 0 aliphatic rings. The van der Waals surface area contributed by atoms with Crippen LogP contribution in [0.1, 0.15) is 18.3 Å². The number of nitrogens with zero attached hydrogens (tertiary/aromatic N) is 2. The van der Waals surface area contributed by atoms with Crippen LogP contribution in [-0.2, 0) is 6.42 Å². The zero-order chi connectivity index (χ0) is 12.4. The molecule has 0 N–H and O–H groups in total. The van der Waals surface area contributed by atoms with E-state index in [2.05, 4.69) is 25.9 Å². The molecule has 0 aliphatic heterocycles. The van der Waals surface area contributed by atoms with Crippen LogP contribution in [0.3, 0.4) is 0 Å². The van der Waals surface area contributed by atoms with E-state index in [9.17, 15) is 4.39 Å². The highest BCUT2D eigenvalue weighted by atomic mass is 79.9. The number of hydrogen-bond donors (Lipinski definition) is 0. The Balaban J connectivity index is 2.55. The molecule has 2 nitrogen and oxygen atoms in total. The highest BCUT2D eigenvalue weighted by molar-refractivity contribution is 9.10. The number of aromatic nitrogens is 2. The second kappa shape index (κ2) is 4.92. The SMILES string of the molecule is CCc1nc(Br)cc(-c2cc(C)cc(F)c2)n1. The minimum atomic E-state index is -0.243. The summed E-state index contributed by atoms with van der Waals surface area (Å²) < 4.78 is 14.1. The molecule has 0 saturated heterocycles. The third-order valence-electron chi connectivity index (χ3n) is 2.40. The lowest BCUT2D eigenvalue weighted by Gasteiger charge is -2.05. The van der Waals surface area contributed by atoms with Crippen LogP contribution in [0.25, 0.3) is 11.3 Å². The molecular weight excluding hydrogens is 283 g/mol. The van der Waals surface area contributed by atoms with E-state index in [1.54, 1.807) is 6.07 Å². The Morgan fingerprint density at radius 3 is 2.59 bits per heavy atom. The molecule has 0 spiro atoms. The van der Waals surface area contributed by atoms with Crippen LogP contribution in [0.15, 0.2) is 28.9 Å². The summed E-state index contributed by atoms with van der Waals surface area (Å²) in [6.45, 7) is 3.85. The third-order valence-corrected chi connectivity index (χ3v) is 2.80. The summed E-state index contributed by atoms with van der Waals surface area (Å²) in [5, 5.41) is 0. The average Bonchev–Trinajstić information content (AvgIpc) is 2.26. The Kier molecular flexibility index (Phi) is 3.52. The first-order chi connectivity index (χ1) is 8.08. The van der Waals surface area contributed by atoms with Crippen molar-refractivity contribution >= 4 is 15.9 Å². The number of rotatable bonds is 2. The second-order valence-electron chi connectivity index (χ2n) is 3.86. The van der Waals surface area contributed by atoms with Crippen LogP contribution in [0.4, 0.5) is 4.39 Å². The van der Waals surface area contributed by atoms with Crippen molar-refractivity contribution in [3.63, 3.8) is 0 Å². The Bertz CT molecular complexity index is 535. The van der Waals surface area contributed by atoms with Crippen LogP contribution < -0.4 is 0 Å². The maximum atomic E-state index is 13.3. The monoisotopic (exact) mass is 294 g/mol. The largest absolute Gasteiger partial charge is 0.233 e. The predicted molar refractivity (Wildman–Crippen MR) is 69.2 cm³/mol. The molecule has 1 aromatic heterocycles. The molecule has 88 valence electrons. The molecule has 0 saturated carbocycles. The maximum absolute atomic E-state index is 13.3. The summed E-state index contributed by atoms with van der Waals surface area (Å²) in [6.07, 6.45) is 0.751. The minimum absolute atomic E-state index is 0.243. The van der Waals surface area contributed by atoms with Crippen LogP contribution in [0.5, 0.6) is 0 Å². The highest BCUT2D eigenvalue weighted by Gasteiger charge is 2.06. The molecule has 1 aromatic carbocycles. The van der Waals surface area contributed by atoms with Crippen LogP contribution in [0.2, 0.25) is 0 Å². The van der Waals surface area contributed by atoms with Gasteiger partial charge in [-0.05, 0) is 52.7 Å². The van der Waals surface area contributed by atoms with E-state index in [0.29, 0.717) is 0 Å². The molecule has 0 fully saturated rings. The van der Waals surface area contributed by atoms with Gasteiger partial charge in [0, 0.05) is 12.0 Å². The zero-order valence-corrected chi connectivity index (χ0v) is 11.3. The molecular formula is C13H12BrFN2. The van der Waals surface area contributed by atoms with E-state index in [1.807, 2.05) is 19.9 Å². The fourth-order valence-electron chi connectivity index (χ4n) is 1.65. The normalized spacial score (nSPS) is 10.6. The van der Waals surface area contributed by atoms with Crippen molar-refractivity contribution in [2.24, 2.45) is 0 Å². The first kappa shape index (κ1) is 12.2. The van der Waals surface area contributed by atoms with Crippen molar-refractivity contribution in [1.82, 2.24) is 9.97 Å². The van der Waals surface area contributed by atoms with Gasteiger partial charge in [-0.15, -0.1) is 0 Å². The Morgan fingerprint density at radius 1 is 1.18 bits per heavy atom. The van der Waals surface area contributed by atoms with E-state index in [0.717, 1.165) is 33.7 Å². The van der Waals surface area contributed by atoms with Crippen molar-refractivity contribution in [2.75, 3.05) is 0 Å². The molecule has 2 aromatic rings. The minimum Gasteiger partial charge on any atom is -0.233 e. The molecule has 0 bridgehead atoms. The summed E-state index contributed by atoms with van der Waals surface area (Å²) in [6, 6.07) is 6.70. The Morgan fingerprint density at radius 2 is 1.94 bits per heavy atom.